The van der Waals surface area contributed by atoms with Crippen LogP contribution in [0.25, 0.3) is 0 Å². The van der Waals surface area contributed by atoms with Gasteiger partial charge in [-0.2, -0.15) is 0 Å². The molecule has 0 atom stereocenters. The highest BCUT2D eigenvalue weighted by Gasteiger charge is 1.96. The third-order valence-corrected chi connectivity index (χ3v) is 2.77. The van der Waals surface area contributed by atoms with Crippen LogP contribution >= 0.6 is 23.4 Å². The molecule has 14 heavy (non-hydrogen) atoms. The third-order valence-electron chi connectivity index (χ3n) is 1.54. The molecular formula is C10H9ClO2S. The molecule has 0 aliphatic heterocycles. The highest BCUT2D eigenvalue weighted by molar-refractivity contribution is 8.02. The molecule has 4 heteroatoms. The van der Waals surface area contributed by atoms with Crippen LogP contribution in [0.15, 0.2) is 34.6 Å². The fourth-order valence-corrected chi connectivity index (χ4v) is 1.71. The smallest absolute Gasteiger partial charge is 0.328 e. The molecule has 0 bridgehead atoms. The largest absolute Gasteiger partial charge is 0.478 e. The second-order valence-corrected chi connectivity index (χ2v) is 4.06. The summed E-state index contributed by atoms with van der Waals surface area (Å²) in [6.45, 7) is 1.91. The summed E-state index contributed by atoms with van der Waals surface area (Å²) in [5, 5.41) is 10.6. The number of carboxylic acid groups (broad SMARTS) is 1. The molecule has 0 unspecified atom stereocenters. The molecule has 0 aliphatic rings. The molecule has 74 valence electrons. The zero-order chi connectivity index (χ0) is 10.6. The van der Waals surface area contributed by atoms with Crippen molar-refractivity contribution in [3.8, 4) is 0 Å². The van der Waals surface area contributed by atoms with Gasteiger partial charge < -0.3 is 5.11 Å². The van der Waals surface area contributed by atoms with Crippen LogP contribution in [-0.2, 0) is 4.79 Å². The highest BCUT2D eigenvalue weighted by atomic mass is 35.5. The molecule has 0 aromatic heterocycles. The summed E-state index contributed by atoms with van der Waals surface area (Å²) in [7, 11) is 0. The lowest BCUT2D eigenvalue weighted by molar-refractivity contribution is -0.131. The van der Waals surface area contributed by atoms with Gasteiger partial charge >= 0.3 is 5.97 Å². The molecule has 1 aromatic rings. The minimum absolute atomic E-state index is 0.719. The zero-order valence-corrected chi connectivity index (χ0v) is 9.10. The Labute approximate surface area is 91.6 Å². The number of thioether (sulfide) groups is 1. The number of hydrogen-bond donors (Lipinski definition) is 1. The van der Waals surface area contributed by atoms with Crippen molar-refractivity contribution in [1.29, 1.82) is 0 Å². The lowest BCUT2D eigenvalue weighted by Crippen LogP contribution is -1.84. The first-order valence-corrected chi connectivity index (χ1v) is 5.17. The summed E-state index contributed by atoms with van der Waals surface area (Å²) in [5.74, 6) is -0.941. The van der Waals surface area contributed by atoms with E-state index in [0.29, 0.717) is 0 Å². The van der Waals surface area contributed by atoms with Crippen LogP contribution in [0.2, 0.25) is 5.02 Å². The van der Waals surface area contributed by atoms with Crippen LogP contribution < -0.4 is 0 Å². The van der Waals surface area contributed by atoms with Crippen LogP contribution in [0.3, 0.4) is 0 Å². The Kier molecular flexibility index (Phi) is 4.04. The van der Waals surface area contributed by atoms with Crippen molar-refractivity contribution in [2.45, 2.75) is 11.8 Å². The number of hydrogen-bond acceptors (Lipinski definition) is 2. The van der Waals surface area contributed by atoms with Crippen molar-refractivity contribution in [2.24, 2.45) is 0 Å². The molecule has 1 N–H and O–H groups in total. The van der Waals surface area contributed by atoms with Crippen LogP contribution in [0.5, 0.6) is 0 Å². The Hall–Kier alpha value is -0.930. The van der Waals surface area contributed by atoms with Gasteiger partial charge in [0.1, 0.15) is 0 Å². The van der Waals surface area contributed by atoms with E-state index in [2.05, 4.69) is 0 Å². The second-order valence-electron chi connectivity index (χ2n) is 2.67. The van der Waals surface area contributed by atoms with Gasteiger partial charge in [-0.3, -0.25) is 0 Å². The van der Waals surface area contributed by atoms with Crippen molar-refractivity contribution < 1.29 is 9.90 Å². The van der Waals surface area contributed by atoms with Crippen LogP contribution in [-0.4, -0.2) is 11.1 Å². The van der Waals surface area contributed by atoms with Gasteiger partial charge in [-0.05, 0) is 36.1 Å². The maximum absolute atomic E-state index is 10.2. The number of rotatable bonds is 3. The predicted octanol–water partition coefficient (Wildman–Crippen LogP) is 3.34. The number of aryl methyl sites for hydroxylation is 1. The van der Waals surface area contributed by atoms with E-state index in [1.54, 1.807) is 6.07 Å². The molecule has 0 saturated carbocycles. The molecule has 0 spiro atoms. The molecule has 1 rings (SSSR count). The molecule has 0 saturated heterocycles. The van der Waals surface area contributed by atoms with Gasteiger partial charge in [0.15, 0.2) is 0 Å². The summed E-state index contributed by atoms with van der Waals surface area (Å²) in [5.41, 5.74) is 0.986. The number of carbonyl (C=O) groups is 1. The normalized spacial score (nSPS) is 10.7. The van der Waals surface area contributed by atoms with Gasteiger partial charge in [-0.15, -0.1) is 0 Å². The first-order valence-electron chi connectivity index (χ1n) is 3.92. The van der Waals surface area contributed by atoms with Crippen molar-refractivity contribution in [3.63, 3.8) is 0 Å². The lowest BCUT2D eigenvalue weighted by Gasteiger charge is -1.99. The number of aliphatic carboxylic acids is 1. The van der Waals surface area contributed by atoms with E-state index in [0.717, 1.165) is 21.6 Å². The third kappa shape index (κ3) is 3.44. The second kappa shape index (κ2) is 5.08. The molecule has 0 heterocycles. The average Bonchev–Trinajstić information content (AvgIpc) is 2.10. The summed E-state index contributed by atoms with van der Waals surface area (Å²) >= 11 is 7.20. The Bertz CT molecular complexity index is 374. The zero-order valence-electron chi connectivity index (χ0n) is 7.53. The highest BCUT2D eigenvalue weighted by Crippen LogP contribution is 2.24. The van der Waals surface area contributed by atoms with Gasteiger partial charge in [0, 0.05) is 16.0 Å². The summed E-state index contributed by atoms with van der Waals surface area (Å²) < 4.78 is 0. The van der Waals surface area contributed by atoms with Crippen LogP contribution in [0, 0.1) is 6.92 Å². The maximum Gasteiger partial charge on any atom is 0.328 e. The van der Waals surface area contributed by atoms with E-state index < -0.39 is 5.97 Å². The lowest BCUT2D eigenvalue weighted by atomic mass is 10.2. The molecule has 2 nitrogen and oxygen atoms in total. The number of benzene rings is 1. The topological polar surface area (TPSA) is 37.3 Å². The van der Waals surface area contributed by atoms with Gasteiger partial charge in [0.2, 0.25) is 0 Å². The van der Waals surface area contributed by atoms with E-state index in [4.69, 9.17) is 16.7 Å². The van der Waals surface area contributed by atoms with E-state index in [1.807, 2.05) is 19.1 Å². The van der Waals surface area contributed by atoms with Crippen molar-refractivity contribution >= 4 is 29.3 Å². The summed E-state index contributed by atoms with van der Waals surface area (Å²) in [6, 6.07) is 5.57. The van der Waals surface area contributed by atoms with Crippen molar-refractivity contribution in [3.05, 3.63) is 40.3 Å². The van der Waals surface area contributed by atoms with Gasteiger partial charge in [0.05, 0.1) is 0 Å². The minimum Gasteiger partial charge on any atom is -0.478 e. The van der Waals surface area contributed by atoms with E-state index in [9.17, 15) is 4.79 Å². The molecule has 0 radical (unpaired) electrons. The standard InChI is InChI=1S/C10H9ClO2S/c1-7-6-8(2-3-9(7)11)14-5-4-10(12)13/h2-6H,1H3,(H,12,13)/b5-4+. The molecular weight excluding hydrogens is 220 g/mol. The first-order chi connectivity index (χ1) is 6.59. The van der Waals surface area contributed by atoms with E-state index in [-0.39, 0.29) is 0 Å². The summed E-state index contributed by atoms with van der Waals surface area (Å²) in [6.07, 6.45) is 1.11. The minimum atomic E-state index is -0.941. The fraction of sp³-hybridized carbons (Fsp3) is 0.100. The Morgan fingerprint density at radius 3 is 2.86 bits per heavy atom. The molecule has 0 amide bonds. The van der Waals surface area contributed by atoms with Gasteiger partial charge in [-0.25, -0.2) is 4.79 Å². The van der Waals surface area contributed by atoms with Crippen molar-refractivity contribution in [1.82, 2.24) is 0 Å². The van der Waals surface area contributed by atoms with E-state index >= 15 is 0 Å². The SMILES string of the molecule is Cc1cc(S/C=C/C(=O)O)ccc1Cl. The van der Waals surface area contributed by atoms with Crippen molar-refractivity contribution in [2.75, 3.05) is 0 Å². The fourth-order valence-electron chi connectivity index (χ4n) is 0.861. The number of halogens is 1. The average molecular weight is 229 g/mol. The van der Waals surface area contributed by atoms with Crippen LogP contribution in [0.4, 0.5) is 0 Å². The molecule has 1 aromatic carbocycles. The predicted molar refractivity (Wildman–Crippen MR) is 58.8 cm³/mol. The Balaban J connectivity index is 2.69. The maximum atomic E-state index is 10.2. The van der Waals surface area contributed by atoms with Gasteiger partial charge in [0.25, 0.3) is 0 Å². The molecule has 0 fully saturated rings. The quantitative estimate of drug-likeness (QED) is 0.637. The monoisotopic (exact) mass is 228 g/mol. The molecule has 0 aliphatic carbocycles. The Morgan fingerprint density at radius 1 is 1.57 bits per heavy atom. The van der Waals surface area contributed by atoms with Crippen LogP contribution in [0.1, 0.15) is 5.56 Å². The first kappa shape index (κ1) is 11.1. The number of carboxylic acids is 1. The van der Waals surface area contributed by atoms with Gasteiger partial charge in [-0.1, -0.05) is 23.4 Å². The Morgan fingerprint density at radius 2 is 2.29 bits per heavy atom. The van der Waals surface area contributed by atoms with E-state index in [1.165, 1.54) is 17.2 Å². The summed E-state index contributed by atoms with van der Waals surface area (Å²) in [4.78, 5) is 11.2.